The molecule has 1 unspecified atom stereocenters. The Morgan fingerprint density at radius 1 is 1.71 bits per heavy atom. The predicted molar refractivity (Wildman–Crippen MR) is 68.0 cm³/mol. The maximum atomic E-state index is 11.5. The van der Waals surface area contributed by atoms with E-state index in [2.05, 4.69) is 10.3 Å². The van der Waals surface area contributed by atoms with E-state index in [9.17, 15) is 4.79 Å². The fourth-order valence-corrected chi connectivity index (χ4v) is 1.99. The average molecular weight is 257 g/mol. The third kappa shape index (κ3) is 5.25. The Balaban J connectivity index is 2.19. The highest BCUT2D eigenvalue weighted by molar-refractivity contribution is 7.09. The molecule has 17 heavy (non-hydrogen) atoms. The highest BCUT2D eigenvalue weighted by Gasteiger charge is 2.12. The van der Waals surface area contributed by atoms with Crippen LogP contribution in [0.15, 0.2) is 5.38 Å². The predicted octanol–water partition coefficient (Wildman–Crippen LogP) is 0.474. The summed E-state index contributed by atoms with van der Waals surface area (Å²) in [6.07, 6.45) is 1.28. The first-order valence-corrected chi connectivity index (χ1v) is 6.44. The van der Waals surface area contributed by atoms with Gasteiger partial charge in [0.15, 0.2) is 0 Å². The van der Waals surface area contributed by atoms with E-state index >= 15 is 0 Å². The molecule has 1 amide bonds. The van der Waals surface area contributed by atoms with Crippen LogP contribution in [0, 0.1) is 6.92 Å². The molecule has 0 spiro atoms. The fourth-order valence-electron chi connectivity index (χ4n) is 1.34. The van der Waals surface area contributed by atoms with E-state index < -0.39 is 6.04 Å². The van der Waals surface area contributed by atoms with Crippen molar-refractivity contribution < 1.29 is 9.53 Å². The molecule has 3 N–H and O–H groups in total. The van der Waals surface area contributed by atoms with Gasteiger partial charge in [-0.1, -0.05) is 0 Å². The standard InChI is InChI=1S/C11H19N3O2S/c1-8-14-9(7-17-8)3-5-13-11(15)10(12)4-6-16-2/h7,10H,3-6,12H2,1-2H3,(H,13,15). The second-order valence-corrected chi connectivity index (χ2v) is 4.85. The SMILES string of the molecule is COCCC(N)C(=O)NCCc1csc(C)n1. The lowest BCUT2D eigenvalue weighted by molar-refractivity contribution is -0.122. The summed E-state index contributed by atoms with van der Waals surface area (Å²) in [5.41, 5.74) is 6.69. The Morgan fingerprint density at radius 3 is 3.06 bits per heavy atom. The van der Waals surface area contributed by atoms with Crippen molar-refractivity contribution in [3.05, 3.63) is 16.1 Å². The van der Waals surface area contributed by atoms with Crippen LogP contribution in [0.1, 0.15) is 17.1 Å². The van der Waals surface area contributed by atoms with Gasteiger partial charge in [-0.25, -0.2) is 4.98 Å². The van der Waals surface area contributed by atoms with Crippen LogP contribution in [0.3, 0.4) is 0 Å². The van der Waals surface area contributed by atoms with Gasteiger partial charge in [0.2, 0.25) is 5.91 Å². The summed E-state index contributed by atoms with van der Waals surface area (Å²) < 4.78 is 4.87. The van der Waals surface area contributed by atoms with Gasteiger partial charge in [0, 0.05) is 32.1 Å². The van der Waals surface area contributed by atoms with Crippen LogP contribution in [0.4, 0.5) is 0 Å². The number of carbonyl (C=O) groups is 1. The second-order valence-electron chi connectivity index (χ2n) is 3.79. The molecule has 1 rings (SSSR count). The molecule has 0 aliphatic carbocycles. The Morgan fingerprint density at radius 2 is 2.47 bits per heavy atom. The number of aryl methyl sites for hydroxylation is 1. The summed E-state index contributed by atoms with van der Waals surface area (Å²) in [4.78, 5) is 15.9. The number of carbonyl (C=O) groups excluding carboxylic acids is 1. The normalized spacial score (nSPS) is 12.4. The van der Waals surface area contributed by atoms with E-state index in [1.54, 1.807) is 18.4 Å². The van der Waals surface area contributed by atoms with Gasteiger partial charge in [-0.2, -0.15) is 0 Å². The molecule has 0 aliphatic rings. The summed E-state index contributed by atoms with van der Waals surface area (Å²) in [5.74, 6) is -0.131. The van der Waals surface area contributed by atoms with Gasteiger partial charge in [0.1, 0.15) is 0 Å². The van der Waals surface area contributed by atoms with E-state index in [1.807, 2.05) is 12.3 Å². The van der Waals surface area contributed by atoms with Crippen LogP contribution in [0.5, 0.6) is 0 Å². The van der Waals surface area contributed by atoms with Crippen molar-refractivity contribution in [1.29, 1.82) is 0 Å². The van der Waals surface area contributed by atoms with Gasteiger partial charge in [-0.3, -0.25) is 4.79 Å². The molecular weight excluding hydrogens is 238 g/mol. The number of nitrogens with zero attached hydrogens (tertiary/aromatic N) is 1. The molecule has 0 saturated heterocycles. The van der Waals surface area contributed by atoms with Gasteiger partial charge in [-0.15, -0.1) is 11.3 Å². The minimum atomic E-state index is -0.493. The summed E-state index contributed by atoms with van der Waals surface area (Å²) in [5, 5.41) is 5.85. The fraction of sp³-hybridized carbons (Fsp3) is 0.636. The molecule has 1 atom stereocenters. The van der Waals surface area contributed by atoms with Crippen molar-refractivity contribution in [2.45, 2.75) is 25.8 Å². The number of methoxy groups -OCH3 is 1. The van der Waals surface area contributed by atoms with Crippen molar-refractivity contribution in [2.24, 2.45) is 5.73 Å². The van der Waals surface area contributed by atoms with Gasteiger partial charge < -0.3 is 15.8 Å². The summed E-state index contributed by atoms with van der Waals surface area (Å²) in [6.45, 7) is 3.04. The van der Waals surface area contributed by atoms with Gasteiger partial charge in [0.05, 0.1) is 16.7 Å². The molecule has 1 aromatic heterocycles. The third-order valence-corrected chi connectivity index (χ3v) is 3.14. The van der Waals surface area contributed by atoms with Crippen LogP contribution in [-0.4, -0.2) is 37.2 Å². The van der Waals surface area contributed by atoms with Crippen molar-refractivity contribution in [1.82, 2.24) is 10.3 Å². The highest BCUT2D eigenvalue weighted by Crippen LogP contribution is 2.07. The second kappa shape index (κ2) is 7.37. The summed E-state index contributed by atoms with van der Waals surface area (Å²) in [6, 6.07) is -0.493. The van der Waals surface area contributed by atoms with Crippen molar-refractivity contribution in [2.75, 3.05) is 20.3 Å². The zero-order valence-corrected chi connectivity index (χ0v) is 11.0. The number of thiazole rings is 1. The first kappa shape index (κ1) is 14.1. The number of aromatic nitrogens is 1. The topological polar surface area (TPSA) is 77.2 Å². The van der Waals surface area contributed by atoms with Crippen LogP contribution >= 0.6 is 11.3 Å². The molecule has 5 nitrogen and oxygen atoms in total. The minimum Gasteiger partial charge on any atom is -0.385 e. The maximum absolute atomic E-state index is 11.5. The van der Waals surface area contributed by atoms with Crippen molar-refractivity contribution in [3.63, 3.8) is 0 Å². The third-order valence-electron chi connectivity index (χ3n) is 2.32. The summed E-state index contributed by atoms with van der Waals surface area (Å²) in [7, 11) is 1.59. The van der Waals surface area contributed by atoms with Gasteiger partial charge in [0.25, 0.3) is 0 Å². The number of rotatable bonds is 7. The Hall–Kier alpha value is -0.980. The lowest BCUT2D eigenvalue weighted by atomic mass is 10.2. The first-order valence-electron chi connectivity index (χ1n) is 5.56. The van der Waals surface area contributed by atoms with E-state index in [1.165, 1.54) is 0 Å². The Labute approximate surface area is 105 Å². The number of hydrogen-bond donors (Lipinski definition) is 2. The molecule has 96 valence electrons. The van der Waals surface area contributed by atoms with Gasteiger partial charge >= 0.3 is 0 Å². The molecule has 0 aromatic carbocycles. The number of nitrogens with one attached hydrogen (secondary N) is 1. The smallest absolute Gasteiger partial charge is 0.237 e. The quantitative estimate of drug-likeness (QED) is 0.744. The van der Waals surface area contributed by atoms with E-state index in [4.69, 9.17) is 10.5 Å². The molecule has 0 saturated carbocycles. The van der Waals surface area contributed by atoms with Crippen LogP contribution in [0.25, 0.3) is 0 Å². The molecule has 0 fully saturated rings. The van der Waals surface area contributed by atoms with E-state index in [0.29, 0.717) is 19.6 Å². The number of amides is 1. The Kier molecular flexibility index (Phi) is 6.10. The molecule has 0 bridgehead atoms. The van der Waals surface area contributed by atoms with E-state index in [-0.39, 0.29) is 5.91 Å². The molecule has 1 aromatic rings. The number of nitrogens with two attached hydrogens (primary N) is 1. The van der Waals surface area contributed by atoms with Crippen molar-refractivity contribution >= 4 is 17.2 Å². The van der Waals surface area contributed by atoms with Crippen molar-refractivity contribution in [3.8, 4) is 0 Å². The summed E-state index contributed by atoms with van der Waals surface area (Å²) >= 11 is 1.62. The molecule has 1 heterocycles. The van der Waals surface area contributed by atoms with Crippen LogP contribution < -0.4 is 11.1 Å². The zero-order valence-electron chi connectivity index (χ0n) is 10.2. The maximum Gasteiger partial charge on any atom is 0.237 e. The Bertz CT molecular complexity index is 354. The molecule has 6 heteroatoms. The molecular formula is C11H19N3O2S. The highest BCUT2D eigenvalue weighted by atomic mass is 32.1. The average Bonchev–Trinajstić information content (AvgIpc) is 2.71. The lowest BCUT2D eigenvalue weighted by Crippen LogP contribution is -2.41. The van der Waals surface area contributed by atoms with Gasteiger partial charge in [-0.05, 0) is 13.3 Å². The molecule has 0 radical (unpaired) electrons. The number of ether oxygens (including phenoxy) is 1. The van der Waals surface area contributed by atoms with E-state index in [0.717, 1.165) is 17.1 Å². The van der Waals surface area contributed by atoms with Crippen LogP contribution in [0.2, 0.25) is 0 Å². The van der Waals surface area contributed by atoms with Crippen LogP contribution in [-0.2, 0) is 16.0 Å². The first-order chi connectivity index (χ1) is 8.13. The molecule has 0 aliphatic heterocycles. The minimum absolute atomic E-state index is 0.131. The lowest BCUT2D eigenvalue weighted by Gasteiger charge is -2.11. The zero-order chi connectivity index (χ0) is 12.7. The monoisotopic (exact) mass is 257 g/mol. The number of hydrogen-bond acceptors (Lipinski definition) is 5. The largest absolute Gasteiger partial charge is 0.385 e.